The SMILES string of the molecule is Cc1c(O)ccc(Cl)c1-c1ccc(F)c(F)c1. The van der Waals surface area contributed by atoms with Crippen LogP contribution >= 0.6 is 11.6 Å². The maximum Gasteiger partial charge on any atom is 0.159 e. The Morgan fingerprint density at radius 2 is 1.76 bits per heavy atom. The second-order valence-electron chi connectivity index (χ2n) is 3.70. The lowest BCUT2D eigenvalue weighted by Crippen LogP contribution is -1.89. The third kappa shape index (κ3) is 2.11. The Labute approximate surface area is 102 Å². The zero-order chi connectivity index (χ0) is 12.6. The number of phenolic OH excluding ortho intramolecular Hbond substituents is 1. The van der Waals surface area contributed by atoms with Crippen molar-refractivity contribution in [3.63, 3.8) is 0 Å². The molecule has 2 aromatic rings. The van der Waals surface area contributed by atoms with Gasteiger partial charge in [-0.2, -0.15) is 0 Å². The molecule has 2 aromatic carbocycles. The van der Waals surface area contributed by atoms with Crippen molar-refractivity contribution in [3.05, 3.63) is 52.6 Å². The van der Waals surface area contributed by atoms with Crippen LogP contribution in [0.5, 0.6) is 5.75 Å². The zero-order valence-corrected chi connectivity index (χ0v) is 9.72. The van der Waals surface area contributed by atoms with Crippen LogP contribution in [-0.2, 0) is 0 Å². The second kappa shape index (κ2) is 4.34. The van der Waals surface area contributed by atoms with Gasteiger partial charge in [-0.15, -0.1) is 0 Å². The second-order valence-corrected chi connectivity index (χ2v) is 4.10. The first-order valence-corrected chi connectivity index (χ1v) is 5.32. The molecule has 0 aliphatic heterocycles. The van der Waals surface area contributed by atoms with Gasteiger partial charge in [0.15, 0.2) is 11.6 Å². The van der Waals surface area contributed by atoms with E-state index in [0.29, 0.717) is 21.7 Å². The number of rotatable bonds is 1. The topological polar surface area (TPSA) is 20.2 Å². The van der Waals surface area contributed by atoms with Gasteiger partial charge >= 0.3 is 0 Å². The minimum absolute atomic E-state index is 0.0640. The van der Waals surface area contributed by atoms with E-state index in [0.717, 1.165) is 12.1 Å². The molecule has 0 aromatic heterocycles. The van der Waals surface area contributed by atoms with E-state index in [2.05, 4.69) is 0 Å². The molecule has 0 unspecified atom stereocenters. The molecule has 0 amide bonds. The Bertz CT molecular complexity index is 582. The Balaban J connectivity index is 2.68. The van der Waals surface area contributed by atoms with E-state index >= 15 is 0 Å². The molecule has 0 radical (unpaired) electrons. The summed E-state index contributed by atoms with van der Waals surface area (Å²) in [5.41, 5.74) is 1.47. The molecule has 0 saturated heterocycles. The van der Waals surface area contributed by atoms with Crippen LogP contribution in [0.1, 0.15) is 5.56 Å². The highest BCUT2D eigenvalue weighted by Crippen LogP contribution is 2.36. The maximum atomic E-state index is 13.1. The number of halogens is 3. The van der Waals surface area contributed by atoms with Crippen molar-refractivity contribution in [1.82, 2.24) is 0 Å². The Morgan fingerprint density at radius 3 is 2.41 bits per heavy atom. The van der Waals surface area contributed by atoms with E-state index in [1.165, 1.54) is 18.2 Å². The fourth-order valence-electron chi connectivity index (χ4n) is 1.67. The van der Waals surface area contributed by atoms with Crippen LogP contribution in [0, 0.1) is 18.6 Å². The summed E-state index contributed by atoms with van der Waals surface area (Å²) in [5, 5.41) is 9.96. The van der Waals surface area contributed by atoms with Crippen molar-refractivity contribution in [2.24, 2.45) is 0 Å². The molecule has 0 saturated carbocycles. The maximum absolute atomic E-state index is 13.1. The van der Waals surface area contributed by atoms with E-state index in [1.807, 2.05) is 0 Å². The smallest absolute Gasteiger partial charge is 0.159 e. The highest BCUT2D eigenvalue weighted by atomic mass is 35.5. The lowest BCUT2D eigenvalue weighted by molar-refractivity contribution is 0.471. The van der Waals surface area contributed by atoms with E-state index in [4.69, 9.17) is 11.6 Å². The highest BCUT2D eigenvalue weighted by Gasteiger charge is 2.12. The summed E-state index contributed by atoms with van der Waals surface area (Å²) in [7, 11) is 0. The molecule has 1 N–H and O–H groups in total. The Morgan fingerprint density at radius 1 is 1.06 bits per heavy atom. The van der Waals surface area contributed by atoms with E-state index in [9.17, 15) is 13.9 Å². The lowest BCUT2D eigenvalue weighted by atomic mass is 9.99. The molecular weight excluding hydrogens is 246 g/mol. The van der Waals surface area contributed by atoms with Crippen molar-refractivity contribution >= 4 is 11.6 Å². The normalized spacial score (nSPS) is 10.6. The van der Waals surface area contributed by atoms with E-state index in [-0.39, 0.29) is 5.75 Å². The van der Waals surface area contributed by atoms with Gasteiger partial charge in [0.1, 0.15) is 5.75 Å². The average molecular weight is 255 g/mol. The predicted molar refractivity (Wildman–Crippen MR) is 63.2 cm³/mol. The number of hydrogen-bond acceptors (Lipinski definition) is 1. The fraction of sp³-hybridized carbons (Fsp3) is 0.0769. The quantitative estimate of drug-likeness (QED) is 0.804. The van der Waals surface area contributed by atoms with Crippen molar-refractivity contribution < 1.29 is 13.9 Å². The molecule has 88 valence electrons. The highest BCUT2D eigenvalue weighted by molar-refractivity contribution is 6.33. The number of benzene rings is 2. The van der Waals surface area contributed by atoms with Gasteiger partial charge in [-0.05, 0) is 36.8 Å². The van der Waals surface area contributed by atoms with Crippen LogP contribution in [0.2, 0.25) is 5.02 Å². The summed E-state index contributed by atoms with van der Waals surface area (Å²) in [6.45, 7) is 1.66. The molecule has 0 fully saturated rings. The monoisotopic (exact) mass is 254 g/mol. The number of phenols is 1. The molecule has 4 heteroatoms. The van der Waals surface area contributed by atoms with Crippen LogP contribution in [0.4, 0.5) is 8.78 Å². The lowest BCUT2D eigenvalue weighted by Gasteiger charge is -2.10. The predicted octanol–water partition coefficient (Wildman–Crippen LogP) is 4.30. The van der Waals surface area contributed by atoms with Gasteiger partial charge < -0.3 is 5.11 Å². The van der Waals surface area contributed by atoms with Crippen molar-refractivity contribution in [2.75, 3.05) is 0 Å². The van der Waals surface area contributed by atoms with E-state index in [1.54, 1.807) is 6.92 Å². The Kier molecular flexibility index (Phi) is 3.03. The summed E-state index contributed by atoms with van der Waals surface area (Å²) in [6, 6.07) is 6.49. The molecule has 0 heterocycles. The third-order valence-corrected chi connectivity index (χ3v) is 2.91. The van der Waals surface area contributed by atoms with Crippen LogP contribution < -0.4 is 0 Å². The summed E-state index contributed by atoms with van der Waals surface area (Å²) in [4.78, 5) is 0. The number of aromatic hydroxyl groups is 1. The Hall–Kier alpha value is -1.61. The van der Waals surface area contributed by atoms with Crippen LogP contribution in [0.3, 0.4) is 0 Å². The molecule has 0 bridgehead atoms. The standard InChI is InChI=1S/C13H9ClF2O/c1-7-12(17)5-3-9(14)13(7)8-2-4-10(15)11(16)6-8/h2-6,17H,1H3. The average Bonchev–Trinajstić information content (AvgIpc) is 2.29. The first-order valence-electron chi connectivity index (χ1n) is 4.94. The molecule has 0 aliphatic carbocycles. The summed E-state index contributed by atoms with van der Waals surface area (Å²) >= 11 is 6.00. The minimum atomic E-state index is -0.943. The number of hydrogen-bond donors (Lipinski definition) is 1. The van der Waals surface area contributed by atoms with Gasteiger partial charge in [-0.3, -0.25) is 0 Å². The van der Waals surface area contributed by atoms with Gasteiger partial charge in [0.25, 0.3) is 0 Å². The summed E-state index contributed by atoms with van der Waals surface area (Å²) in [6.07, 6.45) is 0. The van der Waals surface area contributed by atoms with Crippen LogP contribution in [-0.4, -0.2) is 5.11 Å². The van der Waals surface area contributed by atoms with Gasteiger partial charge in [0, 0.05) is 16.1 Å². The minimum Gasteiger partial charge on any atom is -0.508 e. The first kappa shape index (κ1) is 11.9. The van der Waals surface area contributed by atoms with Crippen LogP contribution in [0.15, 0.2) is 30.3 Å². The largest absolute Gasteiger partial charge is 0.508 e. The van der Waals surface area contributed by atoms with Crippen molar-refractivity contribution in [1.29, 1.82) is 0 Å². The summed E-state index contributed by atoms with van der Waals surface area (Å²) < 4.78 is 26.0. The van der Waals surface area contributed by atoms with Crippen molar-refractivity contribution in [3.8, 4) is 16.9 Å². The molecule has 17 heavy (non-hydrogen) atoms. The van der Waals surface area contributed by atoms with Gasteiger partial charge in [0.05, 0.1) is 0 Å². The molecule has 1 nitrogen and oxygen atoms in total. The first-order chi connectivity index (χ1) is 8.00. The van der Waals surface area contributed by atoms with Crippen molar-refractivity contribution in [2.45, 2.75) is 6.92 Å². The van der Waals surface area contributed by atoms with Crippen LogP contribution in [0.25, 0.3) is 11.1 Å². The summed E-state index contributed by atoms with van der Waals surface area (Å²) in [5.74, 6) is -1.79. The molecular formula is C13H9ClF2O. The molecule has 0 aliphatic rings. The zero-order valence-electron chi connectivity index (χ0n) is 8.97. The van der Waals surface area contributed by atoms with E-state index < -0.39 is 11.6 Å². The van der Waals surface area contributed by atoms with Gasteiger partial charge in [-0.1, -0.05) is 17.7 Å². The van der Waals surface area contributed by atoms with Gasteiger partial charge in [-0.25, -0.2) is 8.78 Å². The molecule has 0 atom stereocenters. The molecule has 0 spiro atoms. The molecule has 2 rings (SSSR count). The third-order valence-electron chi connectivity index (χ3n) is 2.59. The van der Waals surface area contributed by atoms with Gasteiger partial charge in [0.2, 0.25) is 0 Å². The fourth-order valence-corrected chi connectivity index (χ4v) is 1.99.